The molecule has 0 aliphatic carbocycles. The molecular weight excluding hydrogens is 298 g/mol. The second-order valence-electron chi connectivity index (χ2n) is 3.85. The summed E-state index contributed by atoms with van der Waals surface area (Å²) in [6.45, 7) is 4.08. The number of nitrogens with zero attached hydrogens (tertiary/aromatic N) is 2. The van der Waals surface area contributed by atoms with Crippen molar-refractivity contribution >= 4 is 33.1 Å². The summed E-state index contributed by atoms with van der Waals surface area (Å²) in [5, 5.41) is 2.04. The van der Waals surface area contributed by atoms with Crippen LogP contribution in [0.4, 0.5) is 5.82 Å². The van der Waals surface area contributed by atoms with Crippen molar-refractivity contribution in [3.05, 3.63) is 27.3 Å². The van der Waals surface area contributed by atoms with Crippen molar-refractivity contribution in [1.82, 2.24) is 9.97 Å². The van der Waals surface area contributed by atoms with Gasteiger partial charge in [-0.3, -0.25) is 0 Å². The molecule has 0 atom stereocenters. The van der Waals surface area contributed by atoms with Gasteiger partial charge >= 0.3 is 0 Å². The van der Waals surface area contributed by atoms with Crippen LogP contribution >= 0.6 is 27.3 Å². The molecule has 2 heterocycles. The molecule has 2 aromatic rings. The number of aryl methyl sites for hydroxylation is 1. The van der Waals surface area contributed by atoms with Crippen molar-refractivity contribution in [1.29, 1.82) is 0 Å². The lowest BCUT2D eigenvalue weighted by Crippen LogP contribution is -2.04. The van der Waals surface area contributed by atoms with Crippen molar-refractivity contribution in [3.8, 4) is 10.6 Å². The van der Waals surface area contributed by atoms with Crippen LogP contribution in [-0.2, 0) is 6.42 Å². The predicted octanol–water partition coefficient (Wildman–Crippen LogP) is 3.81. The van der Waals surface area contributed by atoms with E-state index in [4.69, 9.17) is 5.73 Å². The van der Waals surface area contributed by atoms with E-state index >= 15 is 0 Å². The molecule has 2 aromatic heterocycles. The van der Waals surface area contributed by atoms with Gasteiger partial charge in [-0.15, -0.1) is 11.3 Å². The Kier molecular flexibility index (Phi) is 3.79. The second kappa shape index (κ2) is 5.14. The molecule has 0 aliphatic rings. The van der Waals surface area contributed by atoms with E-state index < -0.39 is 0 Å². The fourth-order valence-corrected chi connectivity index (χ4v) is 3.21. The lowest BCUT2D eigenvalue weighted by Gasteiger charge is -2.08. The Morgan fingerprint density at radius 2 is 2.18 bits per heavy atom. The summed E-state index contributed by atoms with van der Waals surface area (Å²) < 4.78 is 1.06. The molecule has 0 aliphatic heterocycles. The molecule has 3 nitrogen and oxygen atoms in total. The number of thiophene rings is 1. The Morgan fingerprint density at radius 1 is 1.41 bits per heavy atom. The molecule has 0 saturated carbocycles. The average molecular weight is 312 g/mol. The fourth-order valence-electron chi connectivity index (χ4n) is 1.60. The highest BCUT2D eigenvalue weighted by atomic mass is 79.9. The first-order valence-electron chi connectivity index (χ1n) is 5.49. The zero-order valence-corrected chi connectivity index (χ0v) is 12.2. The molecule has 0 saturated heterocycles. The Balaban J connectivity index is 2.56. The van der Waals surface area contributed by atoms with Crippen molar-refractivity contribution in [2.45, 2.75) is 26.7 Å². The summed E-state index contributed by atoms with van der Waals surface area (Å²) >= 11 is 5.19. The summed E-state index contributed by atoms with van der Waals surface area (Å²) in [6.07, 6.45) is 1.88. The largest absolute Gasteiger partial charge is 0.383 e. The number of aromatic nitrogens is 2. The highest BCUT2D eigenvalue weighted by Crippen LogP contribution is 2.35. The molecule has 2 rings (SSSR count). The number of rotatable bonds is 3. The maximum Gasteiger partial charge on any atom is 0.131 e. The van der Waals surface area contributed by atoms with Gasteiger partial charge in [-0.1, -0.05) is 6.92 Å². The molecular formula is C12H14BrN3S. The molecule has 17 heavy (non-hydrogen) atoms. The summed E-state index contributed by atoms with van der Waals surface area (Å²) in [5.41, 5.74) is 7.85. The number of nitrogen functional groups attached to an aromatic ring is 1. The zero-order valence-electron chi connectivity index (χ0n) is 9.83. The van der Waals surface area contributed by atoms with Crippen molar-refractivity contribution < 1.29 is 0 Å². The minimum absolute atomic E-state index is 0.582. The van der Waals surface area contributed by atoms with Crippen LogP contribution in [0.3, 0.4) is 0 Å². The Morgan fingerprint density at radius 3 is 2.76 bits per heavy atom. The summed E-state index contributed by atoms with van der Waals surface area (Å²) in [7, 11) is 0. The number of hydrogen-bond acceptors (Lipinski definition) is 4. The van der Waals surface area contributed by atoms with Gasteiger partial charge in [0.25, 0.3) is 0 Å². The Hall–Kier alpha value is -0.940. The smallest absolute Gasteiger partial charge is 0.131 e. The molecule has 90 valence electrons. The Labute approximate surface area is 113 Å². The lowest BCUT2D eigenvalue weighted by atomic mass is 10.2. The van der Waals surface area contributed by atoms with E-state index in [1.165, 1.54) is 0 Å². The summed E-state index contributed by atoms with van der Waals surface area (Å²) in [5.74, 6) is 1.41. The maximum atomic E-state index is 5.95. The molecule has 0 fully saturated rings. The fraction of sp³-hybridized carbons (Fsp3) is 0.333. The zero-order chi connectivity index (χ0) is 12.4. The molecule has 0 aromatic carbocycles. The van der Waals surface area contributed by atoms with Gasteiger partial charge in [-0.25, -0.2) is 9.97 Å². The minimum Gasteiger partial charge on any atom is -0.383 e. The topological polar surface area (TPSA) is 51.8 Å². The van der Waals surface area contributed by atoms with Crippen LogP contribution in [-0.4, -0.2) is 9.97 Å². The van der Waals surface area contributed by atoms with Gasteiger partial charge in [0.2, 0.25) is 0 Å². The van der Waals surface area contributed by atoms with Gasteiger partial charge in [0.15, 0.2) is 0 Å². The summed E-state index contributed by atoms with van der Waals surface area (Å²) in [4.78, 5) is 10.1. The van der Waals surface area contributed by atoms with Crippen molar-refractivity contribution in [2.75, 3.05) is 5.73 Å². The van der Waals surface area contributed by atoms with Crippen LogP contribution in [0, 0.1) is 6.92 Å². The quantitative estimate of drug-likeness (QED) is 0.937. The first-order valence-corrected chi connectivity index (χ1v) is 7.17. The van der Waals surface area contributed by atoms with Crippen LogP contribution < -0.4 is 5.73 Å². The standard InChI is InChI=1S/C12H14BrN3S/c1-3-4-9-15-10(7(2)12(14)16-9)11-8(13)5-6-17-11/h5-6H,3-4H2,1-2H3,(H2,14,15,16). The molecule has 0 radical (unpaired) electrons. The van der Waals surface area contributed by atoms with E-state index in [2.05, 4.69) is 32.8 Å². The van der Waals surface area contributed by atoms with E-state index in [0.29, 0.717) is 5.82 Å². The summed E-state index contributed by atoms with van der Waals surface area (Å²) in [6, 6.07) is 2.03. The number of halogens is 1. The van der Waals surface area contributed by atoms with Crippen LogP contribution in [0.15, 0.2) is 15.9 Å². The van der Waals surface area contributed by atoms with Gasteiger partial charge in [0.1, 0.15) is 11.6 Å². The van der Waals surface area contributed by atoms with E-state index in [9.17, 15) is 0 Å². The molecule has 0 amide bonds. The molecule has 2 N–H and O–H groups in total. The van der Waals surface area contributed by atoms with E-state index in [1.807, 2.05) is 18.4 Å². The average Bonchev–Trinajstić information content (AvgIpc) is 2.70. The normalized spacial score (nSPS) is 10.8. The Bertz CT molecular complexity index is 537. The first kappa shape index (κ1) is 12.5. The molecule has 0 bridgehead atoms. The third-order valence-electron chi connectivity index (χ3n) is 2.54. The van der Waals surface area contributed by atoms with E-state index in [-0.39, 0.29) is 0 Å². The van der Waals surface area contributed by atoms with Gasteiger partial charge in [0, 0.05) is 16.5 Å². The maximum absolute atomic E-state index is 5.95. The van der Waals surface area contributed by atoms with Crippen LogP contribution in [0.2, 0.25) is 0 Å². The number of hydrogen-bond donors (Lipinski definition) is 1. The van der Waals surface area contributed by atoms with E-state index in [1.54, 1.807) is 11.3 Å². The first-order chi connectivity index (χ1) is 8.13. The van der Waals surface area contributed by atoms with Crippen molar-refractivity contribution in [2.24, 2.45) is 0 Å². The predicted molar refractivity (Wildman–Crippen MR) is 76.2 cm³/mol. The SMILES string of the molecule is CCCc1nc(N)c(C)c(-c2sccc2Br)n1. The third kappa shape index (κ3) is 2.50. The van der Waals surface area contributed by atoms with Gasteiger partial charge in [-0.05, 0) is 40.7 Å². The van der Waals surface area contributed by atoms with Crippen LogP contribution in [0.5, 0.6) is 0 Å². The van der Waals surface area contributed by atoms with Crippen molar-refractivity contribution in [3.63, 3.8) is 0 Å². The highest BCUT2D eigenvalue weighted by Gasteiger charge is 2.13. The minimum atomic E-state index is 0.582. The molecule has 0 unspecified atom stereocenters. The van der Waals surface area contributed by atoms with Gasteiger partial charge in [0.05, 0.1) is 10.6 Å². The van der Waals surface area contributed by atoms with Crippen LogP contribution in [0.1, 0.15) is 24.7 Å². The lowest BCUT2D eigenvalue weighted by molar-refractivity contribution is 0.836. The van der Waals surface area contributed by atoms with Crippen LogP contribution in [0.25, 0.3) is 10.6 Å². The second-order valence-corrected chi connectivity index (χ2v) is 5.62. The van der Waals surface area contributed by atoms with Gasteiger partial charge < -0.3 is 5.73 Å². The third-order valence-corrected chi connectivity index (χ3v) is 4.38. The van der Waals surface area contributed by atoms with Gasteiger partial charge in [-0.2, -0.15) is 0 Å². The van der Waals surface area contributed by atoms with E-state index in [0.717, 1.165) is 39.3 Å². The monoisotopic (exact) mass is 311 g/mol. The molecule has 5 heteroatoms. The highest BCUT2D eigenvalue weighted by molar-refractivity contribution is 9.10. The molecule has 0 spiro atoms. The number of nitrogens with two attached hydrogens (primary N) is 1. The number of anilines is 1.